The molecule has 1 unspecified atom stereocenters. The summed E-state index contributed by atoms with van der Waals surface area (Å²) in [6.45, 7) is 8.85. The Labute approximate surface area is 163 Å². The zero-order valence-electron chi connectivity index (χ0n) is 15.4. The van der Waals surface area contributed by atoms with Crippen LogP contribution in [0.25, 0.3) is 0 Å². The normalized spacial score (nSPS) is 18.4. The minimum atomic E-state index is -0.892. The smallest absolute Gasteiger partial charge is 0.191 e. The molecule has 1 aliphatic heterocycles. The first-order valence-electron chi connectivity index (χ1n) is 8.88. The standard InChI is InChI=1S/C18H28BrFN4O2/c1-3-21-17(22-11-14-4-5-15(19)16(20)10-14)23-12-18(2,25)13-24-6-8-26-9-7-24/h4-5,10,25H,3,6-9,11-13H2,1-2H3,(H2,21,22,23). The first-order valence-corrected chi connectivity index (χ1v) is 9.67. The zero-order chi connectivity index (χ0) is 19.0. The zero-order valence-corrected chi connectivity index (χ0v) is 17.0. The van der Waals surface area contributed by atoms with Crippen molar-refractivity contribution in [3.8, 4) is 0 Å². The van der Waals surface area contributed by atoms with E-state index in [1.54, 1.807) is 6.07 Å². The van der Waals surface area contributed by atoms with Crippen LogP contribution >= 0.6 is 15.9 Å². The van der Waals surface area contributed by atoms with E-state index < -0.39 is 5.60 Å². The number of nitrogens with one attached hydrogen (secondary N) is 2. The van der Waals surface area contributed by atoms with Crippen LogP contribution in [0.5, 0.6) is 0 Å². The minimum absolute atomic E-state index is 0.302. The Bertz CT molecular complexity index is 607. The molecule has 1 aromatic carbocycles. The van der Waals surface area contributed by atoms with Crippen LogP contribution in [0.15, 0.2) is 27.7 Å². The molecule has 0 saturated carbocycles. The highest BCUT2D eigenvalue weighted by Crippen LogP contribution is 2.16. The van der Waals surface area contributed by atoms with Gasteiger partial charge < -0.3 is 20.5 Å². The first kappa shape index (κ1) is 21.1. The van der Waals surface area contributed by atoms with Crippen molar-refractivity contribution in [2.45, 2.75) is 26.0 Å². The van der Waals surface area contributed by atoms with Gasteiger partial charge in [0.05, 0.1) is 29.8 Å². The van der Waals surface area contributed by atoms with Crippen molar-refractivity contribution in [2.24, 2.45) is 4.99 Å². The second kappa shape index (κ2) is 10.2. The summed E-state index contributed by atoms with van der Waals surface area (Å²) in [5, 5.41) is 17.0. The second-order valence-electron chi connectivity index (χ2n) is 6.68. The van der Waals surface area contributed by atoms with Gasteiger partial charge in [-0.15, -0.1) is 0 Å². The maximum Gasteiger partial charge on any atom is 0.191 e. The molecule has 1 atom stereocenters. The highest BCUT2D eigenvalue weighted by Gasteiger charge is 2.25. The quantitative estimate of drug-likeness (QED) is 0.453. The number of aliphatic hydroxyl groups is 1. The van der Waals surface area contributed by atoms with Gasteiger partial charge in [0.1, 0.15) is 5.82 Å². The van der Waals surface area contributed by atoms with Gasteiger partial charge in [0.2, 0.25) is 0 Å². The highest BCUT2D eigenvalue weighted by atomic mass is 79.9. The molecule has 0 spiro atoms. The predicted molar refractivity (Wildman–Crippen MR) is 105 cm³/mol. The molecule has 1 aromatic rings. The molecule has 0 bridgehead atoms. The summed E-state index contributed by atoms with van der Waals surface area (Å²) in [6.07, 6.45) is 0. The van der Waals surface area contributed by atoms with Crippen molar-refractivity contribution in [3.05, 3.63) is 34.1 Å². The van der Waals surface area contributed by atoms with Crippen molar-refractivity contribution in [2.75, 3.05) is 45.9 Å². The van der Waals surface area contributed by atoms with Crippen LogP contribution < -0.4 is 10.6 Å². The van der Waals surface area contributed by atoms with Gasteiger partial charge in [0, 0.05) is 32.7 Å². The van der Waals surface area contributed by atoms with E-state index in [2.05, 4.69) is 36.5 Å². The maximum atomic E-state index is 13.6. The number of aliphatic imine (C=N–C) groups is 1. The van der Waals surface area contributed by atoms with Crippen LogP contribution in [0, 0.1) is 5.82 Å². The number of halogens is 2. The van der Waals surface area contributed by atoms with Crippen molar-refractivity contribution in [1.82, 2.24) is 15.5 Å². The van der Waals surface area contributed by atoms with Crippen molar-refractivity contribution >= 4 is 21.9 Å². The lowest BCUT2D eigenvalue weighted by atomic mass is 10.1. The van der Waals surface area contributed by atoms with Crippen LogP contribution in [0.4, 0.5) is 4.39 Å². The number of nitrogens with zero attached hydrogens (tertiary/aromatic N) is 2. The molecule has 1 fully saturated rings. The Morgan fingerprint density at radius 3 is 2.77 bits per heavy atom. The van der Waals surface area contributed by atoms with Gasteiger partial charge in [0.25, 0.3) is 0 Å². The third-order valence-corrected chi connectivity index (χ3v) is 4.70. The molecule has 0 amide bonds. The molecule has 0 aliphatic carbocycles. The van der Waals surface area contributed by atoms with Gasteiger partial charge in [-0.05, 0) is 47.5 Å². The molecule has 1 aliphatic rings. The first-order chi connectivity index (χ1) is 12.4. The van der Waals surface area contributed by atoms with Crippen LogP contribution in [-0.4, -0.2) is 67.5 Å². The van der Waals surface area contributed by atoms with Gasteiger partial charge in [-0.25, -0.2) is 9.38 Å². The van der Waals surface area contributed by atoms with Crippen molar-refractivity contribution in [3.63, 3.8) is 0 Å². The number of ether oxygens (including phenoxy) is 1. The monoisotopic (exact) mass is 430 g/mol. The fourth-order valence-electron chi connectivity index (χ4n) is 2.72. The van der Waals surface area contributed by atoms with E-state index in [-0.39, 0.29) is 5.82 Å². The molecule has 26 heavy (non-hydrogen) atoms. The van der Waals surface area contributed by atoms with E-state index in [1.165, 1.54) is 6.07 Å². The lowest BCUT2D eigenvalue weighted by molar-refractivity contribution is -0.0201. The topological polar surface area (TPSA) is 69.1 Å². The molecular formula is C18H28BrFN4O2. The number of morpholine rings is 1. The molecule has 1 heterocycles. The van der Waals surface area contributed by atoms with Crippen molar-refractivity contribution in [1.29, 1.82) is 0 Å². The van der Waals surface area contributed by atoms with Crippen molar-refractivity contribution < 1.29 is 14.2 Å². The molecule has 8 heteroatoms. The summed E-state index contributed by atoms with van der Waals surface area (Å²) >= 11 is 3.15. The predicted octanol–water partition coefficient (Wildman–Crippen LogP) is 1.73. The van der Waals surface area contributed by atoms with Gasteiger partial charge >= 0.3 is 0 Å². The van der Waals surface area contributed by atoms with E-state index in [9.17, 15) is 9.50 Å². The second-order valence-corrected chi connectivity index (χ2v) is 7.54. The molecular weight excluding hydrogens is 403 g/mol. The Morgan fingerprint density at radius 1 is 1.38 bits per heavy atom. The molecule has 0 aromatic heterocycles. The molecule has 2 rings (SSSR count). The largest absolute Gasteiger partial charge is 0.387 e. The lowest BCUT2D eigenvalue weighted by Crippen LogP contribution is -2.52. The fraction of sp³-hybridized carbons (Fsp3) is 0.611. The van der Waals surface area contributed by atoms with E-state index in [0.29, 0.717) is 49.8 Å². The number of β-amino-alcohol motifs (C(OH)–C–C–N with tert-alkyl or cyclic N) is 1. The van der Waals surface area contributed by atoms with Gasteiger partial charge in [-0.3, -0.25) is 4.90 Å². The fourth-order valence-corrected chi connectivity index (χ4v) is 2.97. The summed E-state index contributed by atoms with van der Waals surface area (Å²) in [5.74, 6) is 0.294. The number of hydrogen-bond acceptors (Lipinski definition) is 4. The number of hydrogen-bond donors (Lipinski definition) is 3. The van der Waals surface area contributed by atoms with Crippen LogP contribution in [0.3, 0.4) is 0 Å². The molecule has 1 saturated heterocycles. The summed E-state index contributed by atoms with van der Waals surface area (Å²) in [5.41, 5.74) is -0.111. The summed E-state index contributed by atoms with van der Waals surface area (Å²) < 4.78 is 19.4. The summed E-state index contributed by atoms with van der Waals surface area (Å²) in [7, 11) is 0. The minimum Gasteiger partial charge on any atom is -0.387 e. The Hall–Kier alpha value is -1.22. The number of rotatable bonds is 7. The summed E-state index contributed by atoms with van der Waals surface area (Å²) in [6, 6.07) is 4.97. The average Bonchev–Trinajstić information content (AvgIpc) is 2.61. The van der Waals surface area contributed by atoms with Crippen LogP contribution in [0.2, 0.25) is 0 Å². The molecule has 6 nitrogen and oxygen atoms in total. The van der Waals surface area contributed by atoms with Gasteiger partial charge in [-0.1, -0.05) is 6.07 Å². The SMILES string of the molecule is CCNC(=NCc1ccc(Br)c(F)c1)NCC(C)(O)CN1CCOCC1. The number of benzene rings is 1. The molecule has 146 valence electrons. The number of guanidine groups is 1. The third kappa shape index (κ3) is 7.19. The third-order valence-electron chi connectivity index (χ3n) is 4.05. The van der Waals surface area contributed by atoms with Gasteiger partial charge in [-0.2, -0.15) is 0 Å². The highest BCUT2D eigenvalue weighted by molar-refractivity contribution is 9.10. The lowest BCUT2D eigenvalue weighted by Gasteiger charge is -2.34. The Kier molecular flexibility index (Phi) is 8.27. The van der Waals surface area contributed by atoms with E-state index in [0.717, 1.165) is 18.7 Å². The van der Waals surface area contributed by atoms with Gasteiger partial charge in [0.15, 0.2) is 5.96 Å². The summed E-state index contributed by atoms with van der Waals surface area (Å²) in [4.78, 5) is 6.67. The van der Waals surface area contributed by atoms with E-state index in [4.69, 9.17) is 4.74 Å². The van der Waals surface area contributed by atoms with E-state index >= 15 is 0 Å². The van der Waals surface area contributed by atoms with E-state index in [1.807, 2.05) is 19.9 Å². The van der Waals surface area contributed by atoms with Crippen LogP contribution in [0.1, 0.15) is 19.4 Å². The Balaban J connectivity index is 1.90. The maximum absolute atomic E-state index is 13.6. The van der Waals surface area contributed by atoms with Crippen LogP contribution in [-0.2, 0) is 11.3 Å². The Morgan fingerprint density at radius 2 is 2.12 bits per heavy atom. The molecule has 0 radical (unpaired) electrons. The molecule has 3 N–H and O–H groups in total. The average molecular weight is 431 g/mol.